The molecule has 3 N–H and O–H groups in total. The molecule has 3 atom stereocenters. The number of benzene rings is 2. The van der Waals surface area contributed by atoms with Crippen LogP contribution in [0.25, 0.3) is 10.9 Å². The Morgan fingerprint density at radius 2 is 1.89 bits per heavy atom. The van der Waals surface area contributed by atoms with Gasteiger partial charge in [-0.15, -0.1) is 0 Å². The number of methoxy groups -OCH3 is 3. The Balaban J connectivity index is 1.90. The Bertz CT molecular complexity index is 1300. The first-order chi connectivity index (χ1) is 17.4. The molecule has 7 nitrogen and oxygen atoms in total. The van der Waals surface area contributed by atoms with Crippen LogP contribution >= 0.6 is 0 Å². The Kier molecular flexibility index (Phi) is 6.43. The molecule has 2 aliphatic heterocycles. The fraction of sp³-hybridized carbons (Fsp3) is 0.414. The molecule has 0 saturated heterocycles. The highest BCUT2D eigenvalue weighted by molar-refractivity contribution is 5.94. The van der Waals surface area contributed by atoms with Gasteiger partial charge < -0.3 is 24.9 Å². The molecule has 0 spiro atoms. The van der Waals surface area contributed by atoms with E-state index in [0.29, 0.717) is 29.2 Å². The van der Waals surface area contributed by atoms with E-state index in [-0.39, 0.29) is 11.9 Å². The first kappa shape index (κ1) is 24.3. The molecule has 36 heavy (non-hydrogen) atoms. The second-order valence-electron chi connectivity index (χ2n) is 9.85. The van der Waals surface area contributed by atoms with E-state index in [1.807, 2.05) is 12.1 Å². The van der Waals surface area contributed by atoms with Gasteiger partial charge in [0.25, 0.3) is 0 Å². The highest BCUT2D eigenvalue weighted by Crippen LogP contribution is 2.51. The number of ether oxygens (including phenoxy) is 3. The predicted molar refractivity (Wildman–Crippen MR) is 142 cm³/mol. The molecule has 1 unspecified atom stereocenters. The molecule has 7 heteroatoms. The van der Waals surface area contributed by atoms with Crippen LogP contribution in [0.3, 0.4) is 0 Å². The highest BCUT2D eigenvalue weighted by atomic mass is 16.5. The number of nitrogens with zero attached hydrogens (tertiary/aromatic N) is 1. The monoisotopic (exact) mass is 489 g/mol. The largest absolute Gasteiger partial charge is 0.496 e. The van der Waals surface area contributed by atoms with Gasteiger partial charge >= 0.3 is 5.97 Å². The van der Waals surface area contributed by atoms with Crippen molar-refractivity contribution < 1.29 is 19.0 Å². The maximum Gasteiger partial charge on any atom is 0.322 e. The Morgan fingerprint density at radius 1 is 1.17 bits per heavy atom. The van der Waals surface area contributed by atoms with Crippen LogP contribution in [0.4, 0.5) is 5.69 Å². The van der Waals surface area contributed by atoms with Crippen molar-refractivity contribution >= 4 is 22.6 Å². The smallest absolute Gasteiger partial charge is 0.322 e. The minimum Gasteiger partial charge on any atom is -0.496 e. The fourth-order valence-corrected chi connectivity index (χ4v) is 6.28. The average Bonchev–Trinajstić information content (AvgIpc) is 3.29. The maximum atomic E-state index is 14.2. The minimum atomic E-state index is -1.19. The first-order valence-corrected chi connectivity index (χ1v) is 12.6. The molecule has 0 saturated carbocycles. The lowest BCUT2D eigenvalue weighted by molar-refractivity contribution is -0.146. The fourth-order valence-electron chi connectivity index (χ4n) is 6.28. The van der Waals surface area contributed by atoms with Crippen molar-refractivity contribution in [1.29, 1.82) is 0 Å². The second-order valence-corrected chi connectivity index (χ2v) is 9.85. The third-order valence-corrected chi connectivity index (χ3v) is 7.82. The van der Waals surface area contributed by atoms with Gasteiger partial charge in [-0.25, -0.2) is 0 Å². The first-order valence-electron chi connectivity index (χ1n) is 12.6. The molecule has 190 valence electrons. The summed E-state index contributed by atoms with van der Waals surface area (Å²) in [5.74, 6) is 0.807. The van der Waals surface area contributed by atoms with Gasteiger partial charge in [0.15, 0.2) is 0 Å². The molecule has 1 aromatic heterocycles. The number of rotatable bonds is 5. The Labute approximate surface area is 212 Å². The number of H-pyrrole nitrogens is 1. The van der Waals surface area contributed by atoms with Gasteiger partial charge in [0, 0.05) is 54.1 Å². The molecule has 3 heterocycles. The van der Waals surface area contributed by atoms with Gasteiger partial charge in [-0.3, -0.25) is 9.69 Å². The summed E-state index contributed by atoms with van der Waals surface area (Å²) >= 11 is 0. The predicted octanol–water partition coefficient (Wildman–Crippen LogP) is 4.44. The lowest BCUT2D eigenvalue weighted by atomic mass is 9.68. The molecule has 2 aromatic carbocycles. The van der Waals surface area contributed by atoms with Gasteiger partial charge in [0.05, 0.1) is 26.9 Å². The number of para-hydroxylation sites is 1. The maximum absolute atomic E-state index is 14.2. The van der Waals surface area contributed by atoms with Crippen molar-refractivity contribution in [2.24, 2.45) is 5.92 Å². The standard InChI is InChI=1S/C29H35N3O4/c1-5-18-12-19-15-29(28(33)36-4,26-24(34-2)13-20(30)14-25(26)35-3)27-22(10-11-32(16-18)17-19)21-8-6-7-9-23(21)31-27/h6-9,12-14,19,31H,5,10-11,15-17,30H2,1-4H3/t19-,29+/m1/s1. The van der Waals surface area contributed by atoms with Crippen LogP contribution in [0.15, 0.2) is 48.0 Å². The topological polar surface area (TPSA) is 89.8 Å². The van der Waals surface area contributed by atoms with E-state index in [9.17, 15) is 4.79 Å². The molecule has 0 radical (unpaired) electrons. The van der Waals surface area contributed by atoms with Gasteiger partial charge in [-0.1, -0.05) is 36.8 Å². The third kappa shape index (κ3) is 3.82. The summed E-state index contributed by atoms with van der Waals surface area (Å²) in [5, 5.41) is 1.12. The van der Waals surface area contributed by atoms with E-state index >= 15 is 0 Å². The number of nitrogens with one attached hydrogen (secondary N) is 1. The zero-order valence-corrected chi connectivity index (χ0v) is 21.5. The van der Waals surface area contributed by atoms with Crippen LogP contribution in [0.2, 0.25) is 0 Å². The molecular formula is C29H35N3O4. The highest BCUT2D eigenvalue weighted by Gasteiger charge is 2.52. The summed E-state index contributed by atoms with van der Waals surface area (Å²) in [6.07, 6.45) is 4.66. The summed E-state index contributed by atoms with van der Waals surface area (Å²) in [4.78, 5) is 20.4. The number of hydrogen-bond acceptors (Lipinski definition) is 6. The van der Waals surface area contributed by atoms with Crippen LogP contribution in [0.1, 0.15) is 36.6 Å². The molecule has 0 fully saturated rings. The Hall–Kier alpha value is -3.45. The van der Waals surface area contributed by atoms with Crippen LogP contribution < -0.4 is 15.2 Å². The number of carbonyl (C=O) groups excluding carboxylic acids is 1. The molecule has 2 bridgehead atoms. The van der Waals surface area contributed by atoms with Gasteiger partial charge in [-0.2, -0.15) is 0 Å². The van der Waals surface area contributed by atoms with Crippen molar-refractivity contribution in [1.82, 2.24) is 9.88 Å². The van der Waals surface area contributed by atoms with Gasteiger partial charge in [0.1, 0.15) is 16.9 Å². The molecule has 0 amide bonds. The Morgan fingerprint density at radius 3 is 2.56 bits per heavy atom. The van der Waals surface area contributed by atoms with Gasteiger partial charge in [0.2, 0.25) is 0 Å². The molecule has 3 aromatic rings. The molecule has 2 aliphatic rings. The van der Waals surface area contributed by atoms with E-state index in [2.05, 4.69) is 35.0 Å². The van der Waals surface area contributed by atoms with E-state index in [4.69, 9.17) is 19.9 Å². The number of hydrogen-bond donors (Lipinski definition) is 2. The number of nitrogen functional groups attached to an aromatic ring is 1. The quantitative estimate of drug-likeness (QED) is 0.313. The van der Waals surface area contributed by atoms with Crippen molar-refractivity contribution in [3.63, 3.8) is 0 Å². The summed E-state index contributed by atoms with van der Waals surface area (Å²) in [7, 11) is 4.65. The van der Waals surface area contributed by atoms with Crippen molar-refractivity contribution in [2.75, 3.05) is 46.7 Å². The zero-order chi connectivity index (χ0) is 25.4. The van der Waals surface area contributed by atoms with Crippen LogP contribution in [-0.2, 0) is 21.4 Å². The van der Waals surface area contributed by atoms with E-state index in [0.717, 1.165) is 54.6 Å². The van der Waals surface area contributed by atoms with Crippen LogP contribution in [0.5, 0.6) is 11.5 Å². The number of anilines is 1. The number of aromatic nitrogens is 1. The van der Waals surface area contributed by atoms with Crippen molar-refractivity contribution in [3.8, 4) is 11.5 Å². The number of aromatic amines is 1. The van der Waals surface area contributed by atoms with Gasteiger partial charge in [-0.05, 0) is 36.8 Å². The van der Waals surface area contributed by atoms with Crippen molar-refractivity contribution in [2.45, 2.75) is 31.6 Å². The third-order valence-electron chi connectivity index (χ3n) is 7.82. The second kappa shape index (κ2) is 9.54. The molecule has 0 aliphatic carbocycles. The zero-order valence-electron chi connectivity index (χ0n) is 21.5. The van der Waals surface area contributed by atoms with E-state index in [1.165, 1.54) is 12.7 Å². The number of fused-ring (bicyclic) bond motifs is 5. The summed E-state index contributed by atoms with van der Waals surface area (Å²) in [6, 6.07) is 11.8. The summed E-state index contributed by atoms with van der Waals surface area (Å²) < 4.78 is 17.4. The van der Waals surface area contributed by atoms with Crippen molar-refractivity contribution in [3.05, 3.63) is 64.9 Å². The summed E-state index contributed by atoms with van der Waals surface area (Å²) in [6.45, 7) is 4.95. The normalized spacial score (nSPS) is 23.6. The van der Waals surface area contributed by atoms with Crippen LogP contribution in [-0.4, -0.2) is 56.8 Å². The number of esters is 1. The lowest BCUT2D eigenvalue weighted by Crippen LogP contribution is -2.43. The number of carbonyl (C=O) groups is 1. The van der Waals surface area contributed by atoms with E-state index < -0.39 is 5.41 Å². The number of nitrogens with two attached hydrogens (primary N) is 1. The SMILES string of the molecule is CCC1=C[C@H]2CN(CCc3c([nH]c4ccccc34)[C@@](C(=O)OC)(c3c(OC)cc(N)cc3OC)C2)C1. The van der Waals surface area contributed by atoms with Crippen LogP contribution in [0, 0.1) is 5.92 Å². The minimum absolute atomic E-state index is 0.136. The summed E-state index contributed by atoms with van der Waals surface area (Å²) in [5.41, 5.74) is 10.5. The van der Waals surface area contributed by atoms with E-state index in [1.54, 1.807) is 26.4 Å². The average molecular weight is 490 g/mol. The lowest BCUT2D eigenvalue weighted by Gasteiger charge is -2.38. The molecular weight excluding hydrogens is 454 g/mol. The molecule has 5 rings (SSSR count).